The fraction of sp³-hybridized carbons (Fsp3) is 1.00. The van der Waals surface area contributed by atoms with Crippen molar-refractivity contribution in [1.82, 2.24) is 0 Å². The second-order valence-corrected chi connectivity index (χ2v) is 5.53. The Morgan fingerprint density at radius 3 is 2.08 bits per heavy atom. The van der Waals surface area contributed by atoms with Gasteiger partial charge in [-0.25, -0.2) is 0 Å². The van der Waals surface area contributed by atoms with Gasteiger partial charge in [-0.1, -0.05) is 25.7 Å². The molecule has 3 saturated carbocycles. The first-order valence-corrected chi connectivity index (χ1v) is 6.12. The zero-order valence-electron chi connectivity index (χ0n) is 8.41. The van der Waals surface area contributed by atoms with Crippen LogP contribution in [-0.4, -0.2) is 6.04 Å². The van der Waals surface area contributed by atoms with Gasteiger partial charge in [0.1, 0.15) is 0 Å². The molecule has 2 N–H and O–H groups in total. The molecule has 0 amide bonds. The van der Waals surface area contributed by atoms with Crippen LogP contribution in [-0.2, 0) is 0 Å². The van der Waals surface area contributed by atoms with Crippen molar-refractivity contribution >= 4 is 0 Å². The second kappa shape index (κ2) is 2.98. The zero-order chi connectivity index (χ0) is 8.84. The molecule has 0 aromatic rings. The Morgan fingerprint density at radius 1 is 0.769 bits per heavy atom. The van der Waals surface area contributed by atoms with Crippen LogP contribution in [0, 0.1) is 23.7 Å². The molecule has 0 heterocycles. The quantitative estimate of drug-likeness (QED) is 0.657. The lowest BCUT2D eigenvalue weighted by atomic mass is 9.76. The Labute approximate surface area is 81.1 Å². The molecule has 3 aliphatic carbocycles. The van der Waals surface area contributed by atoms with E-state index in [2.05, 4.69) is 0 Å². The SMILES string of the molecule is N[C@H]1[C@H]2CC[C@H](C2)[C@@H]1C1CCCC1. The highest BCUT2D eigenvalue weighted by molar-refractivity contribution is 5.01. The fourth-order valence-corrected chi connectivity index (χ4v) is 4.42. The van der Waals surface area contributed by atoms with E-state index in [1.165, 1.54) is 44.9 Å². The molecule has 3 fully saturated rings. The van der Waals surface area contributed by atoms with Crippen molar-refractivity contribution < 1.29 is 0 Å². The average molecular weight is 179 g/mol. The summed E-state index contributed by atoms with van der Waals surface area (Å²) in [5.41, 5.74) is 6.34. The van der Waals surface area contributed by atoms with Gasteiger partial charge in [-0.2, -0.15) is 0 Å². The summed E-state index contributed by atoms with van der Waals surface area (Å²) in [5, 5.41) is 0. The van der Waals surface area contributed by atoms with Gasteiger partial charge >= 0.3 is 0 Å². The minimum atomic E-state index is 0.585. The summed E-state index contributed by atoms with van der Waals surface area (Å²) in [6, 6.07) is 0.585. The van der Waals surface area contributed by atoms with Gasteiger partial charge in [0.25, 0.3) is 0 Å². The molecule has 4 atom stereocenters. The van der Waals surface area contributed by atoms with Gasteiger partial charge in [0.15, 0.2) is 0 Å². The molecule has 0 spiro atoms. The van der Waals surface area contributed by atoms with Crippen LogP contribution < -0.4 is 5.73 Å². The summed E-state index contributed by atoms with van der Waals surface area (Å²) >= 11 is 0. The van der Waals surface area contributed by atoms with E-state index in [0.29, 0.717) is 6.04 Å². The first-order chi connectivity index (χ1) is 6.36. The third-order valence-electron chi connectivity index (χ3n) is 4.99. The van der Waals surface area contributed by atoms with Crippen molar-refractivity contribution in [3.63, 3.8) is 0 Å². The predicted molar refractivity (Wildman–Crippen MR) is 54.3 cm³/mol. The van der Waals surface area contributed by atoms with Crippen molar-refractivity contribution in [1.29, 1.82) is 0 Å². The van der Waals surface area contributed by atoms with Crippen LogP contribution in [0.2, 0.25) is 0 Å². The van der Waals surface area contributed by atoms with E-state index >= 15 is 0 Å². The molecule has 3 rings (SSSR count). The Hall–Kier alpha value is -0.0400. The summed E-state index contributed by atoms with van der Waals surface area (Å²) in [6.07, 6.45) is 10.3. The first kappa shape index (κ1) is 8.28. The maximum absolute atomic E-state index is 6.34. The summed E-state index contributed by atoms with van der Waals surface area (Å²) in [4.78, 5) is 0. The standard InChI is InChI=1S/C12H21N/c13-12-10-6-5-9(7-10)11(12)8-3-1-2-4-8/h8-12H,1-7,13H2/t9-,10+,11+,12+/m1/s1. The van der Waals surface area contributed by atoms with Crippen LogP contribution in [0.25, 0.3) is 0 Å². The highest BCUT2D eigenvalue weighted by Crippen LogP contribution is 2.53. The van der Waals surface area contributed by atoms with Gasteiger partial charge in [0.2, 0.25) is 0 Å². The van der Waals surface area contributed by atoms with E-state index in [-0.39, 0.29) is 0 Å². The number of hydrogen-bond donors (Lipinski definition) is 1. The molecule has 3 aliphatic rings. The molecule has 1 nitrogen and oxygen atoms in total. The zero-order valence-corrected chi connectivity index (χ0v) is 8.41. The molecule has 0 saturated heterocycles. The summed E-state index contributed by atoms with van der Waals surface area (Å²) in [5.74, 6) is 3.89. The van der Waals surface area contributed by atoms with Crippen molar-refractivity contribution in [3.05, 3.63) is 0 Å². The first-order valence-electron chi connectivity index (χ1n) is 6.12. The molecule has 0 aromatic carbocycles. The van der Waals surface area contributed by atoms with E-state index in [4.69, 9.17) is 5.73 Å². The maximum Gasteiger partial charge on any atom is 0.0101 e. The Morgan fingerprint density at radius 2 is 1.46 bits per heavy atom. The van der Waals surface area contributed by atoms with Crippen molar-refractivity contribution in [3.8, 4) is 0 Å². The monoisotopic (exact) mass is 179 g/mol. The molecule has 0 aromatic heterocycles. The minimum Gasteiger partial charge on any atom is -0.327 e. The Bertz CT molecular complexity index is 193. The molecule has 1 heteroatoms. The minimum absolute atomic E-state index is 0.585. The van der Waals surface area contributed by atoms with Crippen molar-refractivity contribution in [2.45, 2.75) is 51.0 Å². The third kappa shape index (κ3) is 1.16. The lowest BCUT2D eigenvalue weighted by Crippen LogP contribution is -2.39. The maximum atomic E-state index is 6.34. The van der Waals surface area contributed by atoms with Gasteiger partial charge in [-0.15, -0.1) is 0 Å². The lowest BCUT2D eigenvalue weighted by molar-refractivity contribution is 0.200. The largest absolute Gasteiger partial charge is 0.327 e. The topological polar surface area (TPSA) is 26.0 Å². The average Bonchev–Trinajstić information content (AvgIpc) is 2.76. The number of hydrogen-bond acceptors (Lipinski definition) is 1. The smallest absolute Gasteiger partial charge is 0.0101 e. The number of nitrogens with two attached hydrogens (primary N) is 1. The van der Waals surface area contributed by atoms with Crippen LogP contribution in [0.15, 0.2) is 0 Å². The van der Waals surface area contributed by atoms with Gasteiger partial charge < -0.3 is 5.73 Å². The van der Waals surface area contributed by atoms with E-state index in [1.54, 1.807) is 0 Å². The van der Waals surface area contributed by atoms with E-state index < -0.39 is 0 Å². The molecular formula is C12H21N. The van der Waals surface area contributed by atoms with Gasteiger partial charge in [0.05, 0.1) is 0 Å². The van der Waals surface area contributed by atoms with E-state index in [1.807, 2.05) is 0 Å². The summed E-state index contributed by atoms with van der Waals surface area (Å²) < 4.78 is 0. The van der Waals surface area contributed by atoms with E-state index in [9.17, 15) is 0 Å². The van der Waals surface area contributed by atoms with E-state index in [0.717, 1.165) is 23.7 Å². The van der Waals surface area contributed by atoms with Gasteiger partial charge in [-0.3, -0.25) is 0 Å². The molecule has 0 aliphatic heterocycles. The Kier molecular flexibility index (Phi) is 1.90. The molecular weight excluding hydrogens is 158 g/mol. The summed E-state index contributed by atoms with van der Waals surface area (Å²) in [6.45, 7) is 0. The van der Waals surface area contributed by atoms with Gasteiger partial charge in [-0.05, 0) is 42.9 Å². The Balaban J connectivity index is 1.76. The van der Waals surface area contributed by atoms with Crippen LogP contribution in [0.3, 0.4) is 0 Å². The van der Waals surface area contributed by atoms with Crippen LogP contribution >= 0.6 is 0 Å². The highest BCUT2D eigenvalue weighted by atomic mass is 14.7. The normalized spacial score (nSPS) is 50.5. The molecule has 13 heavy (non-hydrogen) atoms. The number of rotatable bonds is 1. The van der Waals surface area contributed by atoms with Crippen LogP contribution in [0.1, 0.15) is 44.9 Å². The molecule has 74 valence electrons. The fourth-order valence-electron chi connectivity index (χ4n) is 4.42. The molecule has 0 radical (unpaired) electrons. The third-order valence-corrected chi connectivity index (χ3v) is 4.99. The van der Waals surface area contributed by atoms with Crippen LogP contribution in [0.4, 0.5) is 0 Å². The van der Waals surface area contributed by atoms with Crippen molar-refractivity contribution in [2.75, 3.05) is 0 Å². The molecule has 0 unspecified atom stereocenters. The lowest BCUT2D eigenvalue weighted by Gasteiger charge is -2.32. The second-order valence-electron chi connectivity index (χ2n) is 5.53. The number of fused-ring (bicyclic) bond motifs is 2. The summed E-state index contributed by atoms with van der Waals surface area (Å²) in [7, 11) is 0. The molecule has 2 bridgehead atoms. The van der Waals surface area contributed by atoms with Crippen LogP contribution in [0.5, 0.6) is 0 Å². The highest BCUT2D eigenvalue weighted by Gasteiger charge is 2.48. The van der Waals surface area contributed by atoms with Gasteiger partial charge in [0, 0.05) is 6.04 Å². The van der Waals surface area contributed by atoms with Crippen molar-refractivity contribution in [2.24, 2.45) is 29.4 Å². The predicted octanol–water partition coefficient (Wildman–Crippen LogP) is 2.55.